The molecule has 1 amide bonds. The smallest absolute Gasteiger partial charge is 0.254 e. The SMILES string of the molecule is Cc1cc(C(=O)NCC2(N)CCC2)co1. The van der Waals surface area contributed by atoms with Crippen molar-refractivity contribution in [2.45, 2.75) is 31.7 Å². The monoisotopic (exact) mass is 208 g/mol. The van der Waals surface area contributed by atoms with E-state index in [4.69, 9.17) is 10.2 Å². The van der Waals surface area contributed by atoms with Crippen molar-refractivity contribution in [1.82, 2.24) is 5.32 Å². The lowest BCUT2D eigenvalue weighted by molar-refractivity contribution is 0.0929. The van der Waals surface area contributed by atoms with Crippen LogP contribution in [0.3, 0.4) is 0 Å². The minimum atomic E-state index is -0.172. The van der Waals surface area contributed by atoms with Gasteiger partial charge in [-0.3, -0.25) is 4.79 Å². The van der Waals surface area contributed by atoms with E-state index in [9.17, 15) is 4.79 Å². The zero-order valence-corrected chi connectivity index (χ0v) is 8.88. The summed E-state index contributed by atoms with van der Waals surface area (Å²) in [6.45, 7) is 2.36. The molecule has 1 aliphatic carbocycles. The van der Waals surface area contributed by atoms with Gasteiger partial charge in [0.15, 0.2) is 0 Å². The zero-order chi connectivity index (χ0) is 10.9. The maximum Gasteiger partial charge on any atom is 0.254 e. The number of rotatable bonds is 3. The van der Waals surface area contributed by atoms with Crippen LogP contribution < -0.4 is 11.1 Å². The van der Waals surface area contributed by atoms with Crippen molar-refractivity contribution in [2.24, 2.45) is 5.73 Å². The summed E-state index contributed by atoms with van der Waals surface area (Å²) < 4.78 is 5.07. The highest BCUT2D eigenvalue weighted by molar-refractivity contribution is 5.94. The average Bonchev–Trinajstić information content (AvgIpc) is 2.58. The molecule has 3 N–H and O–H groups in total. The highest BCUT2D eigenvalue weighted by Gasteiger charge is 2.32. The Labute approximate surface area is 88.8 Å². The van der Waals surface area contributed by atoms with Crippen LogP contribution in [-0.2, 0) is 0 Å². The van der Waals surface area contributed by atoms with Crippen molar-refractivity contribution in [3.8, 4) is 0 Å². The van der Waals surface area contributed by atoms with Crippen molar-refractivity contribution in [2.75, 3.05) is 6.54 Å². The number of carbonyl (C=O) groups is 1. The van der Waals surface area contributed by atoms with Gasteiger partial charge in [-0.15, -0.1) is 0 Å². The second-order valence-corrected chi connectivity index (χ2v) is 4.34. The summed E-state index contributed by atoms with van der Waals surface area (Å²) in [6.07, 6.45) is 4.63. The van der Waals surface area contributed by atoms with E-state index in [1.165, 1.54) is 6.26 Å². The molecule has 0 aromatic carbocycles. The molecule has 1 heterocycles. The lowest BCUT2D eigenvalue weighted by Crippen LogP contribution is -2.54. The van der Waals surface area contributed by atoms with Gasteiger partial charge in [0.05, 0.1) is 5.56 Å². The van der Waals surface area contributed by atoms with Crippen LogP contribution in [0.5, 0.6) is 0 Å². The molecule has 0 radical (unpaired) electrons. The van der Waals surface area contributed by atoms with Crippen LogP contribution in [-0.4, -0.2) is 18.0 Å². The third-order valence-corrected chi connectivity index (χ3v) is 2.94. The first-order chi connectivity index (χ1) is 7.09. The maximum atomic E-state index is 11.6. The van der Waals surface area contributed by atoms with E-state index in [-0.39, 0.29) is 11.4 Å². The highest BCUT2D eigenvalue weighted by Crippen LogP contribution is 2.28. The Hall–Kier alpha value is -1.29. The normalized spacial score (nSPS) is 18.3. The lowest BCUT2D eigenvalue weighted by atomic mass is 9.78. The molecule has 1 aliphatic rings. The van der Waals surface area contributed by atoms with Gasteiger partial charge in [0.2, 0.25) is 0 Å². The second-order valence-electron chi connectivity index (χ2n) is 4.34. The van der Waals surface area contributed by atoms with E-state index in [2.05, 4.69) is 5.32 Å². The third-order valence-electron chi connectivity index (χ3n) is 2.94. The molecular weight excluding hydrogens is 192 g/mol. The average molecular weight is 208 g/mol. The van der Waals surface area contributed by atoms with E-state index >= 15 is 0 Å². The van der Waals surface area contributed by atoms with Crippen LogP contribution in [0.4, 0.5) is 0 Å². The molecule has 82 valence electrons. The Morgan fingerprint density at radius 2 is 2.40 bits per heavy atom. The Balaban J connectivity index is 1.87. The van der Waals surface area contributed by atoms with Gasteiger partial charge in [0.1, 0.15) is 12.0 Å². The minimum absolute atomic E-state index is 0.108. The molecule has 1 saturated carbocycles. The van der Waals surface area contributed by atoms with Crippen LogP contribution in [0.15, 0.2) is 16.7 Å². The standard InChI is InChI=1S/C11H16N2O2/c1-8-5-9(6-15-8)10(14)13-7-11(12)3-2-4-11/h5-6H,2-4,7,12H2,1H3,(H,13,14). The molecule has 4 heteroatoms. The Morgan fingerprint density at radius 1 is 1.67 bits per heavy atom. The molecule has 0 bridgehead atoms. The molecule has 2 rings (SSSR count). The molecular formula is C11H16N2O2. The quantitative estimate of drug-likeness (QED) is 0.784. The summed E-state index contributed by atoms with van der Waals surface area (Å²) in [5.74, 6) is 0.634. The molecule has 15 heavy (non-hydrogen) atoms. The largest absolute Gasteiger partial charge is 0.469 e. The Bertz CT molecular complexity index is 366. The number of nitrogens with two attached hydrogens (primary N) is 1. The van der Waals surface area contributed by atoms with Gasteiger partial charge in [0.25, 0.3) is 5.91 Å². The zero-order valence-electron chi connectivity index (χ0n) is 8.88. The number of amides is 1. The number of hydrogen-bond donors (Lipinski definition) is 2. The number of furan rings is 1. The fourth-order valence-electron chi connectivity index (χ4n) is 1.73. The van der Waals surface area contributed by atoms with Crippen LogP contribution in [0.25, 0.3) is 0 Å². The minimum Gasteiger partial charge on any atom is -0.469 e. The number of carbonyl (C=O) groups excluding carboxylic acids is 1. The lowest BCUT2D eigenvalue weighted by Gasteiger charge is -2.38. The summed E-state index contributed by atoms with van der Waals surface area (Å²) >= 11 is 0. The van der Waals surface area contributed by atoms with Crippen molar-refractivity contribution >= 4 is 5.91 Å². The fraction of sp³-hybridized carbons (Fsp3) is 0.545. The third kappa shape index (κ3) is 2.21. The molecule has 0 saturated heterocycles. The Kier molecular flexibility index (Phi) is 2.52. The van der Waals surface area contributed by atoms with Crippen molar-refractivity contribution in [1.29, 1.82) is 0 Å². The van der Waals surface area contributed by atoms with Gasteiger partial charge < -0.3 is 15.5 Å². The van der Waals surface area contributed by atoms with Crippen molar-refractivity contribution in [3.63, 3.8) is 0 Å². The second kappa shape index (κ2) is 3.70. The van der Waals surface area contributed by atoms with Crippen LogP contribution in [0.2, 0.25) is 0 Å². The molecule has 0 aliphatic heterocycles. The first-order valence-corrected chi connectivity index (χ1v) is 5.21. The molecule has 0 atom stereocenters. The van der Waals surface area contributed by atoms with Gasteiger partial charge >= 0.3 is 0 Å². The summed E-state index contributed by atoms with van der Waals surface area (Å²) in [7, 11) is 0. The van der Waals surface area contributed by atoms with Crippen molar-refractivity contribution < 1.29 is 9.21 Å². The first kappa shape index (κ1) is 10.2. The number of nitrogens with one attached hydrogen (secondary N) is 1. The fourth-order valence-corrected chi connectivity index (χ4v) is 1.73. The molecule has 1 aromatic heterocycles. The molecule has 0 unspecified atom stereocenters. The predicted molar refractivity (Wildman–Crippen MR) is 56.5 cm³/mol. The van der Waals surface area contributed by atoms with E-state index in [0.29, 0.717) is 12.1 Å². The molecule has 4 nitrogen and oxygen atoms in total. The topological polar surface area (TPSA) is 68.3 Å². The first-order valence-electron chi connectivity index (χ1n) is 5.21. The van der Waals surface area contributed by atoms with Gasteiger partial charge in [-0.2, -0.15) is 0 Å². The summed E-state index contributed by atoms with van der Waals surface area (Å²) in [5.41, 5.74) is 6.39. The summed E-state index contributed by atoms with van der Waals surface area (Å²) in [6, 6.07) is 1.72. The van der Waals surface area contributed by atoms with E-state index in [1.54, 1.807) is 6.07 Å². The van der Waals surface area contributed by atoms with Gasteiger partial charge in [-0.05, 0) is 32.3 Å². The summed E-state index contributed by atoms with van der Waals surface area (Å²) in [5, 5.41) is 2.83. The summed E-state index contributed by atoms with van der Waals surface area (Å²) in [4.78, 5) is 11.6. The Morgan fingerprint density at radius 3 is 2.87 bits per heavy atom. The van der Waals surface area contributed by atoms with Gasteiger partial charge in [-0.1, -0.05) is 0 Å². The number of aryl methyl sites for hydroxylation is 1. The highest BCUT2D eigenvalue weighted by atomic mass is 16.3. The van der Waals surface area contributed by atoms with Crippen LogP contribution in [0, 0.1) is 6.92 Å². The van der Waals surface area contributed by atoms with E-state index in [0.717, 1.165) is 25.0 Å². The van der Waals surface area contributed by atoms with Crippen molar-refractivity contribution in [3.05, 3.63) is 23.7 Å². The van der Waals surface area contributed by atoms with Crippen LogP contribution in [0.1, 0.15) is 35.4 Å². The predicted octanol–water partition coefficient (Wildman–Crippen LogP) is 1.20. The molecule has 0 spiro atoms. The molecule has 1 fully saturated rings. The van der Waals surface area contributed by atoms with E-state index in [1.807, 2.05) is 6.92 Å². The maximum absolute atomic E-state index is 11.6. The van der Waals surface area contributed by atoms with Gasteiger partial charge in [-0.25, -0.2) is 0 Å². The van der Waals surface area contributed by atoms with Crippen LogP contribution >= 0.6 is 0 Å². The van der Waals surface area contributed by atoms with E-state index < -0.39 is 0 Å². The number of hydrogen-bond acceptors (Lipinski definition) is 3. The van der Waals surface area contributed by atoms with Gasteiger partial charge in [0, 0.05) is 12.1 Å². The molecule has 1 aromatic rings.